The van der Waals surface area contributed by atoms with Gasteiger partial charge in [-0.15, -0.1) is 0 Å². The standard InChI is InChI=1S/C14H17N5O3S2/c1-9(13-10(2)19-23-14(13)15)17-18-12(20)8-16-24(21,22)11-6-4-3-5-7-11/h3-7,16H,8,15H2,1-2H3,(H,18,20)/b17-9-. The van der Waals surface area contributed by atoms with E-state index in [0.29, 0.717) is 16.3 Å². The summed E-state index contributed by atoms with van der Waals surface area (Å²) in [6, 6.07) is 7.79. The van der Waals surface area contributed by atoms with Gasteiger partial charge in [0.2, 0.25) is 10.0 Å². The van der Waals surface area contributed by atoms with E-state index in [2.05, 4.69) is 19.6 Å². The number of nitrogens with zero attached hydrogens (tertiary/aromatic N) is 2. The minimum Gasteiger partial charge on any atom is -0.389 e. The topological polar surface area (TPSA) is 127 Å². The first-order valence-electron chi connectivity index (χ1n) is 6.91. The Hall–Kier alpha value is -2.30. The number of benzene rings is 1. The molecule has 0 atom stereocenters. The Morgan fingerprint density at radius 2 is 2.00 bits per heavy atom. The predicted molar refractivity (Wildman–Crippen MR) is 93.2 cm³/mol. The Bertz CT molecular complexity index is 840. The first-order valence-corrected chi connectivity index (χ1v) is 9.17. The lowest BCUT2D eigenvalue weighted by Gasteiger charge is -2.06. The van der Waals surface area contributed by atoms with E-state index in [4.69, 9.17) is 5.73 Å². The van der Waals surface area contributed by atoms with Crippen LogP contribution in [0.25, 0.3) is 0 Å². The van der Waals surface area contributed by atoms with Gasteiger partial charge in [-0.25, -0.2) is 18.6 Å². The van der Waals surface area contributed by atoms with Crippen molar-refractivity contribution in [3.63, 3.8) is 0 Å². The van der Waals surface area contributed by atoms with Crippen LogP contribution >= 0.6 is 11.5 Å². The summed E-state index contributed by atoms with van der Waals surface area (Å²) in [6.07, 6.45) is 0. The minimum absolute atomic E-state index is 0.0882. The smallest absolute Gasteiger partial charge is 0.255 e. The number of aryl methyl sites for hydroxylation is 1. The number of nitrogens with two attached hydrogens (primary N) is 1. The van der Waals surface area contributed by atoms with E-state index in [1.54, 1.807) is 32.0 Å². The van der Waals surface area contributed by atoms with E-state index in [0.717, 1.165) is 17.2 Å². The highest BCUT2D eigenvalue weighted by atomic mass is 32.2. The molecular weight excluding hydrogens is 350 g/mol. The van der Waals surface area contributed by atoms with E-state index < -0.39 is 22.5 Å². The minimum atomic E-state index is -3.74. The average Bonchev–Trinajstić information content (AvgIpc) is 2.90. The van der Waals surface area contributed by atoms with Crippen molar-refractivity contribution >= 4 is 38.2 Å². The summed E-state index contributed by atoms with van der Waals surface area (Å²) in [6.45, 7) is 3.04. The number of carbonyl (C=O) groups is 1. The Kier molecular flexibility index (Phi) is 5.65. The van der Waals surface area contributed by atoms with Crippen LogP contribution in [0.3, 0.4) is 0 Å². The molecule has 0 bridgehead atoms. The van der Waals surface area contributed by atoms with E-state index in [1.807, 2.05) is 0 Å². The van der Waals surface area contributed by atoms with Gasteiger partial charge in [0.1, 0.15) is 5.00 Å². The second-order valence-corrected chi connectivity index (χ2v) is 7.45. The number of nitrogens with one attached hydrogen (secondary N) is 2. The van der Waals surface area contributed by atoms with Crippen molar-refractivity contribution in [2.24, 2.45) is 5.10 Å². The molecule has 0 aliphatic heterocycles. The monoisotopic (exact) mass is 367 g/mol. The van der Waals surface area contributed by atoms with Crippen molar-refractivity contribution in [1.82, 2.24) is 14.5 Å². The van der Waals surface area contributed by atoms with Crippen LogP contribution < -0.4 is 15.9 Å². The van der Waals surface area contributed by atoms with E-state index >= 15 is 0 Å². The number of anilines is 1. The van der Waals surface area contributed by atoms with Crippen LogP contribution in [-0.2, 0) is 14.8 Å². The molecule has 2 aromatic rings. The molecule has 1 aromatic heterocycles. The highest BCUT2D eigenvalue weighted by Gasteiger charge is 2.15. The first-order chi connectivity index (χ1) is 11.3. The molecule has 0 saturated heterocycles. The van der Waals surface area contributed by atoms with Gasteiger partial charge in [-0.2, -0.15) is 9.47 Å². The number of sulfonamides is 1. The molecule has 10 heteroatoms. The summed E-state index contributed by atoms with van der Waals surface area (Å²) < 4.78 is 30.3. The third-order valence-corrected chi connectivity index (χ3v) is 5.26. The fourth-order valence-electron chi connectivity index (χ4n) is 1.91. The number of hydrazone groups is 1. The molecule has 0 spiro atoms. The number of hydrogen-bond donors (Lipinski definition) is 3. The summed E-state index contributed by atoms with van der Waals surface area (Å²) in [7, 11) is -3.74. The molecule has 0 unspecified atom stereocenters. The van der Waals surface area contributed by atoms with Crippen LogP contribution in [0.15, 0.2) is 40.3 Å². The summed E-state index contributed by atoms with van der Waals surface area (Å²) in [5.41, 5.74) is 9.98. The van der Waals surface area contributed by atoms with Crippen LogP contribution in [0.2, 0.25) is 0 Å². The SMILES string of the molecule is C/C(=N/NC(=O)CNS(=O)(=O)c1ccccc1)c1c(C)nsc1N. The van der Waals surface area contributed by atoms with Gasteiger partial charge in [-0.05, 0) is 37.5 Å². The lowest BCUT2D eigenvalue weighted by molar-refractivity contribution is -0.119. The maximum atomic E-state index is 12.0. The van der Waals surface area contributed by atoms with E-state index in [1.165, 1.54) is 12.1 Å². The summed E-state index contributed by atoms with van der Waals surface area (Å²) in [5.74, 6) is -0.590. The van der Waals surface area contributed by atoms with Crippen molar-refractivity contribution in [3.8, 4) is 0 Å². The predicted octanol–water partition coefficient (Wildman–Crippen LogP) is 0.852. The van der Waals surface area contributed by atoms with Crippen molar-refractivity contribution in [1.29, 1.82) is 0 Å². The molecule has 0 radical (unpaired) electrons. The van der Waals surface area contributed by atoms with Gasteiger partial charge >= 0.3 is 0 Å². The van der Waals surface area contributed by atoms with Crippen LogP contribution in [0.1, 0.15) is 18.2 Å². The maximum Gasteiger partial charge on any atom is 0.255 e. The molecule has 4 N–H and O–H groups in total. The van der Waals surface area contributed by atoms with Gasteiger partial charge in [0, 0.05) is 0 Å². The van der Waals surface area contributed by atoms with Gasteiger partial charge < -0.3 is 5.73 Å². The molecule has 24 heavy (non-hydrogen) atoms. The zero-order valence-electron chi connectivity index (χ0n) is 13.1. The second-order valence-electron chi connectivity index (χ2n) is 4.88. The molecular formula is C14H17N5O3S2. The van der Waals surface area contributed by atoms with Gasteiger partial charge in [-0.3, -0.25) is 4.79 Å². The van der Waals surface area contributed by atoms with Crippen LogP contribution in [0, 0.1) is 6.92 Å². The second kappa shape index (κ2) is 7.51. The number of amides is 1. The molecule has 1 aromatic carbocycles. The highest BCUT2D eigenvalue weighted by Crippen LogP contribution is 2.21. The zero-order valence-corrected chi connectivity index (χ0v) is 14.7. The Labute approximate surface area is 144 Å². The number of hydrogen-bond acceptors (Lipinski definition) is 7. The Morgan fingerprint density at radius 3 is 2.58 bits per heavy atom. The summed E-state index contributed by atoms with van der Waals surface area (Å²) in [4.78, 5) is 11.9. The first kappa shape index (κ1) is 18.0. The molecule has 0 aliphatic rings. The number of nitrogen functional groups attached to an aromatic ring is 1. The zero-order chi connectivity index (χ0) is 17.7. The fraction of sp³-hybridized carbons (Fsp3) is 0.214. The van der Waals surface area contributed by atoms with E-state index in [-0.39, 0.29) is 4.90 Å². The Balaban J connectivity index is 1.96. The van der Waals surface area contributed by atoms with Gasteiger partial charge in [-0.1, -0.05) is 18.2 Å². The quantitative estimate of drug-likeness (QED) is 0.515. The van der Waals surface area contributed by atoms with Crippen LogP contribution in [0.5, 0.6) is 0 Å². The Morgan fingerprint density at radius 1 is 1.33 bits per heavy atom. The molecule has 8 nitrogen and oxygen atoms in total. The number of rotatable bonds is 6. The average molecular weight is 367 g/mol. The fourth-order valence-corrected chi connectivity index (χ4v) is 3.63. The third kappa shape index (κ3) is 4.37. The summed E-state index contributed by atoms with van der Waals surface area (Å²) >= 11 is 1.15. The van der Waals surface area contributed by atoms with Gasteiger partial charge in [0.25, 0.3) is 5.91 Å². The number of aromatic nitrogens is 1. The highest BCUT2D eigenvalue weighted by molar-refractivity contribution is 7.89. The van der Waals surface area contributed by atoms with Gasteiger partial charge in [0.15, 0.2) is 0 Å². The molecule has 128 valence electrons. The van der Waals surface area contributed by atoms with Crippen LogP contribution in [-0.4, -0.2) is 31.0 Å². The molecule has 1 heterocycles. The molecule has 1 amide bonds. The normalized spacial score (nSPS) is 12.2. The molecule has 0 aliphatic carbocycles. The van der Waals surface area contributed by atoms with Crippen molar-refractivity contribution in [3.05, 3.63) is 41.6 Å². The molecule has 0 saturated carbocycles. The lowest BCUT2D eigenvalue weighted by Crippen LogP contribution is -2.35. The van der Waals surface area contributed by atoms with Crippen molar-refractivity contribution in [2.75, 3.05) is 12.3 Å². The summed E-state index contributed by atoms with van der Waals surface area (Å²) in [5, 5.41) is 4.44. The molecule has 2 rings (SSSR count). The van der Waals surface area contributed by atoms with E-state index in [9.17, 15) is 13.2 Å². The van der Waals surface area contributed by atoms with Gasteiger partial charge in [0.05, 0.1) is 28.4 Å². The van der Waals surface area contributed by atoms with Crippen molar-refractivity contribution in [2.45, 2.75) is 18.7 Å². The lowest BCUT2D eigenvalue weighted by atomic mass is 10.2. The van der Waals surface area contributed by atoms with Crippen LogP contribution in [0.4, 0.5) is 5.00 Å². The number of carbonyl (C=O) groups excluding carboxylic acids is 1. The maximum absolute atomic E-state index is 12.0. The largest absolute Gasteiger partial charge is 0.389 e. The molecule has 0 fully saturated rings. The third-order valence-electron chi connectivity index (χ3n) is 3.08. The van der Waals surface area contributed by atoms with Crippen molar-refractivity contribution < 1.29 is 13.2 Å².